The minimum atomic E-state index is -4.74. The van der Waals surface area contributed by atoms with Crippen molar-refractivity contribution in [2.45, 2.75) is 48.6 Å². The molecule has 3 aromatic carbocycles. The van der Waals surface area contributed by atoms with Crippen molar-refractivity contribution in [2.75, 3.05) is 5.32 Å². The number of alkyl halides is 3. The number of halogens is 3. The molecule has 0 saturated carbocycles. The first-order valence-electron chi connectivity index (χ1n) is 12.0. The van der Waals surface area contributed by atoms with Crippen LogP contribution in [0.25, 0.3) is 0 Å². The van der Waals surface area contributed by atoms with Crippen molar-refractivity contribution in [1.29, 1.82) is 0 Å². The van der Waals surface area contributed by atoms with Gasteiger partial charge in [-0.05, 0) is 55.8 Å². The summed E-state index contributed by atoms with van der Waals surface area (Å²) in [5, 5.41) is 2.79. The first kappa shape index (κ1) is 28.1. The Hall–Kier alpha value is -3.96. The quantitative estimate of drug-likeness (QED) is 0.240. The molecular formula is C28H26F3N3O4S. The van der Waals surface area contributed by atoms with Crippen molar-refractivity contribution in [1.82, 2.24) is 9.97 Å². The number of sulfone groups is 1. The average molecular weight is 558 g/mol. The van der Waals surface area contributed by atoms with E-state index in [1.54, 1.807) is 32.0 Å². The van der Waals surface area contributed by atoms with E-state index >= 15 is 0 Å². The monoisotopic (exact) mass is 557 g/mol. The Labute approximate surface area is 224 Å². The van der Waals surface area contributed by atoms with E-state index in [4.69, 9.17) is 9.47 Å². The fourth-order valence-corrected chi connectivity index (χ4v) is 4.78. The SMILES string of the molecule is C[C@@H](OCc1ccccc1)[C@@H](C)Oc1nc(Nc2ccc(S(=O)(=O)c3ccccc3)cc2)ncc1C(F)(F)F. The van der Waals surface area contributed by atoms with Crippen LogP contribution < -0.4 is 10.1 Å². The third-order valence-electron chi connectivity index (χ3n) is 5.85. The van der Waals surface area contributed by atoms with E-state index in [2.05, 4.69) is 15.3 Å². The molecule has 0 amide bonds. The lowest BCUT2D eigenvalue weighted by atomic mass is 10.2. The summed E-state index contributed by atoms with van der Waals surface area (Å²) in [6, 6.07) is 23.0. The molecule has 0 radical (unpaired) electrons. The van der Waals surface area contributed by atoms with Gasteiger partial charge >= 0.3 is 6.18 Å². The van der Waals surface area contributed by atoms with Crippen molar-refractivity contribution in [2.24, 2.45) is 0 Å². The van der Waals surface area contributed by atoms with E-state index in [-0.39, 0.29) is 22.3 Å². The zero-order valence-electron chi connectivity index (χ0n) is 21.1. The Morgan fingerprint density at radius 2 is 1.44 bits per heavy atom. The Morgan fingerprint density at radius 1 is 0.846 bits per heavy atom. The van der Waals surface area contributed by atoms with Crippen LogP contribution in [0, 0.1) is 0 Å². The highest BCUT2D eigenvalue weighted by atomic mass is 32.2. The zero-order valence-corrected chi connectivity index (χ0v) is 21.9. The van der Waals surface area contributed by atoms with Gasteiger partial charge in [0.25, 0.3) is 0 Å². The molecule has 204 valence electrons. The molecule has 0 aliphatic heterocycles. The largest absolute Gasteiger partial charge is 0.471 e. The average Bonchev–Trinajstić information content (AvgIpc) is 2.92. The molecule has 0 saturated heterocycles. The lowest BCUT2D eigenvalue weighted by molar-refractivity contribution is -0.140. The number of rotatable bonds is 10. The second kappa shape index (κ2) is 11.8. The Kier molecular flexibility index (Phi) is 8.51. The van der Waals surface area contributed by atoms with E-state index in [1.165, 1.54) is 36.4 Å². The van der Waals surface area contributed by atoms with E-state index in [0.717, 1.165) is 5.56 Å². The highest BCUT2D eigenvalue weighted by molar-refractivity contribution is 7.91. The Bertz CT molecular complexity index is 1480. The number of hydrogen-bond acceptors (Lipinski definition) is 7. The minimum Gasteiger partial charge on any atom is -0.471 e. The van der Waals surface area contributed by atoms with Crippen LogP contribution in [0.5, 0.6) is 5.88 Å². The van der Waals surface area contributed by atoms with Crippen LogP contribution in [-0.4, -0.2) is 30.6 Å². The van der Waals surface area contributed by atoms with Gasteiger partial charge in [0.15, 0.2) is 0 Å². The Balaban J connectivity index is 1.49. The maximum Gasteiger partial charge on any atom is 0.423 e. The van der Waals surface area contributed by atoms with Crippen LogP contribution in [0.15, 0.2) is 101 Å². The number of nitrogens with one attached hydrogen (secondary N) is 1. The first-order valence-corrected chi connectivity index (χ1v) is 13.5. The molecule has 4 aromatic rings. The fraction of sp³-hybridized carbons (Fsp3) is 0.214. The molecule has 2 atom stereocenters. The zero-order chi connectivity index (χ0) is 28.0. The maximum atomic E-state index is 13.7. The number of ether oxygens (including phenoxy) is 2. The van der Waals surface area contributed by atoms with Gasteiger partial charge in [-0.2, -0.15) is 18.2 Å². The van der Waals surface area contributed by atoms with E-state index < -0.39 is 39.7 Å². The van der Waals surface area contributed by atoms with Crippen molar-refractivity contribution in [3.8, 4) is 5.88 Å². The second-order valence-corrected chi connectivity index (χ2v) is 10.7. The van der Waals surface area contributed by atoms with Crippen molar-refractivity contribution < 1.29 is 31.1 Å². The van der Waals surface area contributed by atoms with Crippen molar-refractivity contribution in [3.05, 3.63) is 102 Å². The summed E-state index contributed by atoms with van der Waals surface area (Å²) in [5.74, 6) is -0.798. The van der Waals surface area contributed by atoms with Crippen LogP contribution in [0.4, 0.5) is 24.8 Å². The van der Waals surface area contributed by atoms with Gasteiger partial charge in [-0.15, -0.1) is 0 Å². The van der Waals surface area contributed by atoms with Crippen LogP contribution in [0.2, 0.25) is 0 Å². The van der Waals surface area contributed by atoms with E-state index in [9.17, 15) is 21.6 Å². The molecule has 0 aliphatic carbocycles. The molecule has 4 rings (SSSR count). The van der Waals surface area contributed by atoms with Gasteiger partial charge in [-0.3, -0.25) is 0 Å². The fourth-order valence-electron chi connectivity index (χ4n) is 3.50. The van der Waals surface area contributed by atoms with Crippen molar-refractivity contribution >= 4 is 21.5 Å². The molecule has 0 unspecified atom stereocenters. The van der Waals surface area contributed by atoms with Crippen LogP contribution in [-0.2, 0) is 27.4 Å². The summed E-state index contributed by atoms with van der Waals surface area (Å²) in [6.45, 7) is 3.57. The number of hydrogen-bond donors (Lipinski definition) is 1. The van der Waals surface area contributed by atoms with Gasteiger partial charge in [0.2, 0.25) is 21.7 Å². The number of benzene rings is 3. The highest BCUT2D eigenvalue weighted by Gasteiger charge is 2.37. The lowest BCUT2D eigenvalue weighted by Crippen LogP contribution is -2.30. The van der Waals surface area contributed by atoms with Gasteiger partial charge < -0.3 is 14.8 Å². The topological polar surface area (TPSA) is 90.4 Å². The van der Waals surface area contributed by atoms with Gasteiger partial charge in [0.05, 0.1) is 22.5 Å². The second-order valence-electron chi connectivity index (χ2n) is 8.70. The summed E-state index contributed by atoms with van der Waals surface area (Å²) in [6.07, 6.45) is -5.41. The summed E-state index contributed by atoms with van der Waals surface area (Å²) in [7, 11) is -3.72. The number of aromatic nitrogens is 2. The molecule has 7 nitrogen and oxygen atoms in total. The van der Waals surface area contributed by atoms with Gasteiger partial charge in [-0.25, -0.2) is 13.4 Å². The Morgan fingerprint density at radius 3 is 2.05 bits per heavy atom. The third kappa shape index (κ3) is 7.12. The maximum absolute atomic E-state index is 13.7. The molecule has 39 heavy (non-hydrogen) atoms. The molecule has 0 spiro atoms. The van der Waals surface area contributed by atoms with Crippen LogP contribution >= 0.6 is 0 Å². The molecule has 1 N–H and O–H groups in total. The van der Waals surface area contributed by atoms with Gasteiger partial charge in [0.1, 0.15) is 11.7 Å². The molecule has 1 aromatic heterocycles. The number of nitrogens with zero attached hydrogens (tertiary/aromatic N) is 2. The van der Waals surface area contributed by atoms with E-state index in [0.29, 0.717) is 11.9 Å². The minimum absolute atomic E-state index is 0.0647. The van der Waals surface area contributed by atoms with Crippen molar-refractivity contribution in [3.63, 3.8) is 0 Å². The summed E-state index contributed by atoms with van der Waals surface area (Å²) in [4.78, 5) is 7.94. The predicted octanol–water partition coefficient (Wildman–Crippen LogP) is 6.44. The lowest BCUT2D eigenvalue weighted by Gasteiger charge is -2.23. The molecule has 0 bridgehead atoms. The van der Waals surface area contributed by atoms with Crippen LogP contribution in [0.1, 0.15) is 25.0 Å². The summed E-state index contributed by atoms with van der Waals surface area (Å²) in [5.41, 5.74) is 0.170. The number of anilines is 2. The molecule has 0 aliphatic rings. The third-order valence-corrected chi connectivity index (χ3v) is 7.63. The smallest absolute Gasteiger partial charge is 0.423 e. The van der Waals surface area contributed by atoms with Gasteiger partial charge in [0, 0.05) is 11.9 Å². The van der Waals surface area contributed by atoms with Gasteiger partial charge in [-0.1, -0.05) is 48.5 Å². The first-order chi connectivity index (χ1) is 18.5. The summed E-state index contributed by atoms with van der Waals surface area (Å²) >= 11 is 0. The molecular weight excluding hydrogens is 531 g/mol. The molecule has 1 heterocycles. The summed E-state index contributed by atoms with van der Waals surface area (Å²) < 4.78 is 77.9. The highest BCUT2D eigenvalue weighted by Crippen LogP contribution is 2.36. The predicted molar refractivity (Wildman–Crippen MR) is 139 cm³/mol. The van der Waals surface area contributed by atoms with E-state index in [1.807, 2.05) is 30.3 Å². The van der Waals surface area contributed by atoms with Crippen LogP contribution in [0.3, 0.4) is 0 Å². The molecule has 0 fully saturated rings. The molecule has 11 heteroatoms. The normalized spacial score (nSPS) is 13.5. The standard InChI is InChI=1S/C28H26F3N3O4S/c1-19(37-18-21-9-5-3-6-10-21)20(2)38-26-25(28(29,30)31)17-32-27(34-26)33-22-13-15-24(16-14-22)39(35,36)23-11-7-4-8-12-23/h3-17,19-20H,18H2,1-2H3,(H,32,33,34)/t19-,20-/m1/s1.